The number of hydrogen-bond donors (Lipinski definition) is 2. The lowest BCUT2D eigenvalue weighted by molar-refractivity contribution is 0.0438. The van der Waals surface area contributed by atoms with Crippen LogP contribution in [0, 0.1) is 0 Å². The third kappa shape index (κ3) is 0.534. The lowest BCUT2D eigenvalue weighted by Crippen LogP contribution is -2.17. The molecule has 3 nitrogen and oxygen atoms in total. The molecule has 42 valence electrons. The summed E-state index contributed by atoms with van der Waals surface area (Å²) in [6.45, 7) is 2.82. The molecule has 1 aliphatic rings. The summed E-state index contributed by atoms with van der Waals surface area (Å²) < 4.78 is 4.40. The topological polar surface area (TPSA) is 53.0 Å². The highest BCUT2D eigenvalue weighted by molar-refractivity contribution is 4.91. The SMILES string of the molecule is CC1(O)OC1(C)O. The Morgan fingerprint density at radius 1 is 1.14 bits per heavy atom. The Hall–Kier alpha value is -0.120. The van der Waals surface area contributed by atoms with Crippen LogP contribution in [-0.4, -0.2) is 21.8 Å². The van der Waals surface area contributed by atoms with Crippen LogP contribution < -0.4 is 0 Å². The molecule has 1 fully saturated rings. The van der Waals surface area contributed by atoms with Gasteiger partial charge in [-0.1, -0.05) is 0 Å². The van der Waals surface area contributed by atoms with Crippen LogP contribution >= 0.6 is 0 Å². The summed E-state index contributed by atoms with van der Waals surface area (Å²) in [4.78, 5) is 0. The molecule has 0 spiro atoms. The normalized spacial score (nSPS) is 60.0. The summed E-state index contributed by atoms with van der Waals surface area (Å²) in [5, 5.41) is 17.4. The van der Waals surface area contributed by atoms with E-state index in [9.17, 15) is 0 Å². The molecule has 0 aromatic carbocycles. The molecule has 0 aromatic rings. The highest BCUT2D eigenvalue weighted by atomic mass is 16.8. The zero-order valence-corrected chi connectivity index (χ0v) is 4.30. The van der Waals surface area contributed by atoms with Crippen LogP contribution in [0.5, 0.6) is 0 Å². The number of epoxide rings is 1. The van der Waals surface area contributed by atoms with Crippen LogP contribution in [0.2, 0.25) is 0 Å². The van der Waals surface area contributed by atoms with Gasteiger partial charge in [0.05, 0.1) is 0 Å². The van der Waals surface area contributed by atoms with Crippen LogP contribution in [0.25, 0.3) is 0 Å². The Kier molecular flexibility index (Phi) is 0.606. The van der Waals surface area contributed by atoms with Crippen molar-refractivity contribution in [1.29, 1.82) is 0 Å². The van der Waals surface area contributed by atoms with Crippen molar-refractivity contribution in [2.45, 2.75) is 25.4 Å². The predicted octanol–water partition coefficient (Wildman–Crippen LogP) is -0.566. The zero-order valence-electron chi connectivity index (χ0n) is 4.30. The fourth-order valence-electron chi connectivity index (χ4n) is 0.361. The van der Waals surface area contributed by atoms with Crippen LogP contribution in [0.4, 0.5) is 0 Å². The standard InChI is InChI=1S/C4H8O3/c1-3(5)4(2,6)7-3/h5-6H,1-2H3. The minimum atomic E-state index is -1.30. The molecule has 3 heteroatoms. The van der Waals surface area contributed by atoms with Crippen LogP contribution in [0.3, 0.4) is 0 Å². The number of rotatable bonds is 0. The summed E-state index contributed by atoms with van der Waals surface area (Å²) in [6.07, 6.45) is 0. The van der Waals surface area contributed by atoms with Gasteiger partial charge >= 0.3 is 0 Å². The van der Waals surface area contributed by atoms with E-state index in [4.69, 9.17) is 10.2 Å². The Bertz CT molecular complexity index is 83.1. The quantitative estimate of drug-likeness (QED) is 0.405. The second kappa shape index (κ2) is 0.844. The lowest BCUT2D eigenvalue weighted by Gasteiger charge is -1.93. The maximum atomic E-state index is 8.69. The first-order chi connectivity index (χ1) is 2.96. The van der Waals surface area contributed by atoms with E-state index in [0.717, 1.165) is 0 Å². The van der Waals surface area contributed by atoms with Crippen LogP contribution in [-0.2, 0) is 4.74 Å². The van der Waals surface area contributed by atoms with Gasteiger partial charge in [-0.25, -0.2) is 0 Å². The van der Waals surface area contributed by atoms with Gasteiger partial charge in [-0.3, -0.25) is 0 Å². The smallest absolute Gasteiger partial charge is 0.220 e. The van der Waals surface area contributed by atoms with Gasteiger partial charge in [0.15, 0.2) is 0 Å². The molecule has 1 rings (SSSR count). The van der Waals surface area contributed by atoms with Gasteiger partial charge in [0, 0.05) is 0 Å². The van der Waals surface area contributed by atoms with Gasteiger partial charge in [-0.15, -0.1) is 0 Å². The first-order valence-corrected chi connectivity index (χ1v) is 2.11. The van der Waals surface area contributed by atoms with E-state index in [1.54, 1.807) is 0 Å². The van der Waals surface area contributed by atoms with Gasteiger partial charge in [0.2, 0.25) is 11.6 Å². The van der Waals surface area contributed by atoms with Gasteiger partial charge in [-0.2, -0.15) is 0 Å². The molecule has 0 aliphatic carbocycles. The molecule has 2 N–H and O–H groups in total. The number of hydrogen-bond acceptors (Lipinski definition) is 3. The molecule has 0 radical (unpaired) electrons. The first-order valence-electron chi connectivity index (χ1n) is 2.11. The predicted molar refractivity (Wildman–Crippen MR) is 22.3 cm³/mol. The van der Waals surface area contributed by atoms with E-state index < -0.39 is 11.6 Å². The average Bonchev–Trinajstić information content (AvgIpc) is 1.63. The van der Waals surface area contributed by atoms with Gasteiger partial charge in [-0.05, 0) is 13.8 Å². The fourth-order valence-corrected chi connectivity index (χ4v) is 0.361. The Morgan fingerprint density at radius 2 is 1.29 bits per heavy atom. The number of aliphatic hydroxyl groups is 2. The van der Waals surface area contributed by atoms with Crippen LogP contribution in [0.15, 0.2) is 0 Å². The van der Waals surface area contributed by atoms with Crippen molar-refractivity contribution in [3.05, 3.63) is 0 Å². The van der Waals surface area contributed by atoms with Gasteiger partial charge in [0.25, 0.3) is 0 Å². The van der Waals surface area contributed by atoms with Crippen molar-refractivity contribution in [3.63, 3.8) is 0 Å². The van der Waals surface area contributed by atoms with Gasteiger partial charge in [0.1, 0.15) is 0 Å². The number of ether oxygens (including phenoxy) is 1. The molecule has 1 heterocycles. The molecule has 2 unspecified atom stereocenters. The molecule has 0 saturated carbocycles. The summed E-state index contributed by atoms with van der Waals surface area (Å²) in [7, 11) is 0. The van der Waals surface area contributed by atoms with Crippen LogP contribution in [0.1, 0.15) is 13.8 Å². The summed E-state index contributed by atoms with van der Waals surface area (Å²) in [6, 6.07) is 0. The monoisotopic (exact) mass is 104 g/mol. The third-order valence-electron chi connectivity index (χ3n) is 1.22. The Labute approximate surface area is 41.5 Å². The van der Waals surface area contributed by atoms with Crippen molar-refractivity contribution in [2.75, 3.05) is 0 Å². The zero-order chi connectivity index (χ0) is 5.71. The van der Waals surface area contributed by atoms with Crippen molar-refractivity contribution < 1.29 is 14.9 Å². The second-order valence-electron chi connectivity index (χ2n) is 2.07. The Balaban J connectivity index is 2.59. The summed E-state index contributed by atoms with van der Waals surface area (Å²) >= 11 is 0. The van der Waals surface area contributed by atoms with Gasteiger partial charge < -0.3 is 14.9 Å². The van der Waals surface area contributed by atoms with E-state index in [2.05, 4.69) is 4.74 Å². The highest BCUT2D eigenvalue weighted by Gasteiger charge is 2.62. The minimum absolute atomic E-state index is 1.30. The minimum Gasteiger partial charge on any atom is -0.361 e. The van der Waals surface area contributed by atoms with Crippen molar-refractivity contribution in [2.24, 2.45) is 0 Å². The molecule has 7 heavy (non-hydrogen) atoms. The van der Waals surface area contributed by atoms with E-state index >= 15 is 0 Å². The first kappa shape index (κ1) is 5.03. The van der Waals surface area contributed by atoms with E-state index in [1.807, 2.05) is 0 Å². The molecule has 0 amide bonds. The third-order valence-corrected chi connectivity index (χ3v) is 1.22. The largest absolute Gasteiger partial charge is 0.361 e. The van der Waals surface area contributed by atoms with Crippen molar-refractivity contribution in [3.8, 4) is 0 Å². The average molecular weight is 104 g/mol. The molecule has 0 aromatic heterocycles. The molecule has 1 aliphatic heterocycles. The lowest BCUT2D eigenvalue weighted by atomic mass is 10.3. The molecule has 2 atom stereocenters. The van der Waals surface area contributed by atoms with Crippen molar-refractivity contribution >= 4 is 0 Å². The highest BCUT2D eigenvalue weighted by Crippen LogP contribution is 2.41. The maximum Gasteiger partial charge on any atom is 0.220 e. The Morgan fingerprint density at radius 3 is 1.29 bits per heavy atom. The summed E-state index contributed by atoms with van der Waals surface area (Å²) in [5.74, 6) is -2.60. The summed E-state index contributed by atoms with van der Waals surface area (Å²) in [5.41, 5.74) is 0. The molecular formula is C4H8O3. The van der Waals surface area contributed by atoms with Crippen molar-refractivity contribution in [1.82, 2.24) is 0 Å². The van der Waals surface area contributed by atoms with E-state index in [-0.39, 0.29) is 0 Å². The van der Waals surface area contributed by atoms with E-state index in [0.29, 0.717) is 0 Å². The maximum absolute atomic E-state index is 8.69. The van der Waals surface area contributed by atoms with E-state index in [1.165, 1.54) is 13.8 Å². The molecule has 1 saturated heterocycles. The molecule has 0 bridgehead atoms. The fraction of sp³-hybridized carbons (Fsp3) is 1.00. The second-order valence-corrected chi connectivity index (χ2v) is 2.07. The molecular weight excluding hydrogens is 96.0 g/mol.